The molecular formula is C17H16N6O3. The van der Waals surface area contributed by atoms with Crippen LogP contribution in [0.4, 0.5) is 0 Å². The van der Waals surface area contributed by atoms with Gasteiger partial charge in [0, 0.05) is 25.9 Å². The van der Waals surface area contributed by atoms with Gasteiger partial charge in [-0.1, -0.05) is 11.2 Å². The van der Waals surface area contributed by atoms with E-state index < -0.39 is 0 Å². The topological polar surface area (TPSA) is 107 Å². The maximum absolute atomic E-state index is 12.8. The standard InChI is InChI=1S/C17H16N6O3/c1-22-14(24)8-7-12(20-22)17(25)23-10-4-6-13(23)16-19-15(21-26-16)11-5-2-3-9-18-11/h2-3,5,7-9,13H,4,6,10H2,1H3/t13-/m0/s1. The molecule has 1 atom stereocenters. The Labute approximate surface area is 148 Å². The zero-order chi connectivity index (χ0) is 18.1. The van der Waals surface area contributed by atoms with Crippen molar-refractivity contribution in [1.29, 1.82) is 0 Å². The largest absolute Gasteiger partial charge is 0.337 e. The number of rotatable bonds is 3. The van der Waals surface area contributed by atoms with Crippen molar-refractivity contribution in [3.63, 3.8) is 0 Å². The average Bonchev–Trinajstić information content (AvgIpc) is 3.33. The molecule has 1 aliphatic rings. The van der Waals surface area contributed by atoms with Crippen LogP contribution in [0.2, 0.25) is 0 Å². The summed E-state index contributed by atoms with van der Waals surface area (Å²) in [6.45, 7) is 0.565. The monoisotopic (exact) mass is 352 g/mol. The summed E-state index contributed by atoms with van der Waals surface area (Å²) >= 11 is 0. The van der Waals surface area contributed by atoms with E-state index in [1.165, 1.54) is 19.2 Å². The quantitative estimate of drug-likeness (QED) is 0.697. The smallest absolute Gasteiger partial charge is 0.274 e. The van der Waals surface area contributed by atoms with Crippen molar-refractivity contribution in [2.75, 3.05) is 6.54 Å². The molecule has 132 valence electrons. The van der Waals surface area contributed by atoms with E-state index in [0.717, 1.165) is 17.5 Å². The van der Waals surface area contributed by atoms with Gasteiger partial charge in [-0.3, -0.25) is 14.6 Å². The predicted octanol–water partition coefficient (Wildman–Crippen LogP) is 1.20. The Morgan fingerprint density at radius 1 is 1.27 bits per heavy atom. The van der Waals surface area contributed by atoms with E-state index in [1.54, 1.807) is 17.2 Å². The summed E-state index contributed by atoms with van der Waals surface area (Å²) in [6, 6.07) is 7.90. The molecule has 26 heavy (non-hydrogen) atoms. The maximum atomic E-state index is 12.8. The second-order valence-corrected chi connectivity index (χ2v) is 6.01. The SMILES string of the molecule is Cn1nc(C(=O)N2CCC[C@H]2c2nc(-c3ccccn3)no2)ccc1=O. The van der Waals surface area contributed by atoms with Gasteiger partial charge >= 0.3 is 0 Å². The van der Waals surface area contributed by atoms with Crippen LogP contribution < -0.4 is 5.56 Å². The molecule has 1 fully saturated rings. The lowest BCUT2D eigenvalue weighted by Crippen LogP contribution is -2.33. The highest BCUT2D eigenvalue weighted by molar-refractivity contribution is 5.92. The number of carbonyl (C=O) groups is 1. The molecule has 3 aromatic rings. The summed E-state index contributed by atoms with van der Waals surface area (Å²) in [5.74, 6) is 0.502. The predicted molar refractivity (Wildman–Crippen MR) is 90.0 cm³/mol. The van der Waals surface area contributed by atoms with Crippen molar-refractivity contribution in [1.82, 2.24) is 29.8 Å². The first-order valence-corrected chi connectivity index (χ1v) is 8.24. The average molecular weight is 352 g/mol. The van der Waals surface area contributed by atoms with Crippen LogP contribution >= 0.6 is 0 Å². The normalized spacial score (nSPS) is 16.8. The van der Waals surface area contributed by atoms with Gasteiger partial charge in [0.2, 0.25) is 11.7 Å². The molecule has 0 aromatic carbocycles. The van der Waals surface area contributed by atoms with Gasteiger partial charge in [0.25, 0.3) is 11.5 Å². The van der Waals surface area contributed by atoms with E-state index in [0.29, 0.717) is 24.0 Å². The van der Waals surface area contributed by atoms with Gasteiger partial charge in [0.1, 0.15) is 17.4 Å². The van der Waals surface area contributed by atoms with Crippen LogP contribution in [-0.2, 0) is 7.05 Å². The molecule has 0 unspecified atom stereocenters. The highest BCUT2D eigenvalue weighted by Gasteiger charge is 2.35. The number of pyridine rings is 1. The Hall–Kier alpha value is -3.36. The zero-order valence-corrected chi connectivity index (χ0v) is 14.1. The Morgan fingerprint density at radius 2 is 2.15 bits per heavy atom. The third kappa shape index (κ3) is 2.87. The molecular weight excluding hydrogens is 336 g/mol. The van der Waals surface area contributed by atoms with Crippen LogP contribution in [0.3, 0.4) is 0 Å². The Morgan fingerprint density at radius 3 is 2.92 bits per heavy atom. The van der Waals surface area contributed by atoms with Crippen molar-refractivity contribution >= 4 is 5.91 Å². The Bertz CT molecular complexity index is 997. The van der Waals surface area contributed by atoms with Crippen LogP contribution in [0, 0.1) is 0 Å². The van der Waals surface area contributed by atoms with Crippen molar-refractivity contribution in [2.24, 2.45) is 7.05 Å². The van der Waals surface area contributed by atoms with Gasteiger partial charge in [0.15, 0.2) is 0 Å². The van der Waals surface area contributed by atoms with Crippen molar-refractivity contribution in [3.8, 4) is 11.5 Å². The van der Waals surface area contributed by atoms with Crippen molar-refractivity contribution in [3.05, 3.63) is 58.5 Å². The number of aromatic nitrogens is 5. The lowest BCUT2D eigenvalue weighted by molar-refractivity contribution is 0.0701. The number of hydrogen-bond donors (Lipinski definition) is 0. The van der Waals surface area contributed by atoms with Crippen molar-refractivity contribution in [2.45, 2.75) is 18.9 Å². The molecule has 9 heteroatoms. The van der Waals surface area contributed by atoms with Gasteiger partial charge in [0.05, 0.1) is 0 Å². The van der Waals surface area contributed by atoms with Gasteiger partial charge in [-0.25, -0.2) is 4.68 Å². The molecule has 0 radical (unpaired) electrons. The maximum Gasteiger partial charge on any atom is 0.274 e. The van der Waals surface area contributed by atoms with E-state index in [9.17, 15) is 9.59 Å². The zero-order valence-electron chi connectivity index (χ0n) is 14.1. The Kier molecular flexibility index (Phi) is 4.04. The summed E-state index contributed by atoms with van der Waals surface area (Å²) in [5, 5.41) is 8.01. The van der Waals surface area contributed by atoms with Gasteiger partial charge in [-0.05, 0) is 31.0 Å². The number of carbonyl (C=O) groups excluding carboxylic acids is 1. The van der Waals surface area contributed by atoms with E-state index in [1.807, 2.05) is 12.1 Å². The first kappa shape index (κ1) is 16.1. The molecule has 3 aromatic heterocycles. The highest BCUT2D eigenvalue weighted by Crippen LogP contribution is 2.32. The second-order valence-electron chi connectivity index (χ2n) is 6.01. The molecule has 1 aliphatic heterocycles. The molecule has 0 N–H and O–H groups in total. The van der Waals surface area contributed by atoms with Crippen LogP contribution in [0.5, 0.6) is 0 Å². The number of amides is 1. The highest BCUT2D eigenvalue weighted by atomic mass is 16.5. The fourth-order valence-electron chi connectivity index (χ4n) is 3.00. The van der Waals surface area contributed by atoms with Gasteiger partial charge in [-0.15, -0.1) is 0 Å². The first-order chi connectivity index (χ1) is 12.6. The molecule has 9 nitrogen and oxygen atoms in total. The van der Waals surface area contributed by atoms with E-state index >= 15 is 0 Å². The minimum atomic E-state index is -0.313. The van der Waals surface area contributed by atoms with Crippen LogP contribution in [0.15, 0.2) is 45.8 Å². The van der Waals surface area contributed by atoms with Crippen LogP contribution in [0.1, 0.15) is 35.3 Å². The van der Waals surface area contributed by atoms with E-state index in [2.05, 4.69) is 20.2 Å². The molecule has 4 heterocycles. The van der Waals surface area contributed by atoms with Crippen LogP contribution in [0.25, 0.3) is 11.5 Å². The number of hydrogen-bond acceptors (Lipinski definition) is 7. The third-order valence-corrected chi connectivity index (χ3v) is 4.31. The fourth-order valence-corrected chi connectivity index (χ4v) is 3.00. The molecule has 1 saturated heterocycles. The minimum absolute atomic E-state index is 0.212. The molecule has 1 amide bonds. The molecule has 0 aliphatic carbocycles. The van der Waals surface area contributed by atoms with E-state index in [4.69, 9.17) is 4.52 Å². The first-order valence-electron chi connectivity index (χ1n) is 8.24. The van der Waals surface area contributed by atoms with Gasteiger partial charge < -0.3 is 9.42 Å². The molecule has 0 saturated carbocycles. The lowest BCUT2D eigenvalue weighted by atomic mass is 10.2. The summed E-state index contributed by atoms with van der Waals surface area (Å²) in [6.07, 6.45) is 3.20. The number of likely N-dealkylation sites (tertiary alicyclic amines) is 1. The lowest BCUT2D eigenvalue weighted by Gasteiger charge is -2.21. The Balaban J connectivity index is 1.60. The second kappa shape index (κ2) is 6.51. The van der Waals surface area contributed by atoms with Gasteiger partial charge in [-0.2, -0.15) is 10.1 Å². The number of nitrogens with zero attached hydrogens (tertiary/aromatic N) is 6. The molecule has 0 spiro atoms. The fraction of sp³-hybridized carbons (Fsp3) is 0.294. The van der Waals surface area contributed by atoms with Crippen molar-refractivity contribution < 1.29 is 9.32 Å². The molecule has 0 bridgehead atoms. The molecule has 4 rings (SSSR count). The number of aryl methyl sites for hydroxylation is 1. The summed E-state index contributed by atoms with van der Waals surface area (Å²) < 4.78 is 6.53. The summed E-state index contributed by atoms with van der Waals surface area (Å²) in [7, 11) is 1.51. The summed E-state index contributed by atoms with van der Waals surface area (Å²) in [4.78, 5) is 34.6. The summed E-state index contributed by atoms with van der Waals surface area (Å²) in [5.41, 5.74) is 0.554. The van der Waals surface area contributed by atoms with Crippen LogP contribution in [-0.4, -0.2) is 42.3 Å². The minimum Gasteiger partial charge on any atom is -0.337 e. The third-order valence-electron chi connectivity index (χ3n) is 4.31. The van der Waals surface area contributed by atoms with E-state index in [-0.39, 0.29) is 23.2 Å².